The molecule has 2 N–H and O–H groups in total. The average Bonchev–Trinajstić information content (AvgIpc) is 2.61. The normalized spacial score (nSPS) is 21.4. The predicted molar refractivity (Wildman–Crippen MR) is 104 cm³/mol. The van der Waals surface area contributed by atoms with Gasteiger partial charge in [-0.05, 0) is 68.6 Å². The predicted octanol–water partition coefficient (Wildman–Crippen LogP) is 3.39. The summed E-state index contributed by atoms with van der Waals surface area (Å²) in [6.07, 6.45) is 8.36. The lowest BCUT2D eigenvalue weighted by Gasteiger charge is -2.27. The molecule has 1 aromatic rings. The third-order valence-electron chi connectivity index (χ3n) is 4.79. The Labute approximate surface area is 154 Å². The fraction of sp³-hybridized carbons (Fsp3) is 0.632. The number of hydrogen-bond donors (Lipinski definition) is 2. The number of nitrogens with one attached hydrogen (secondary N) is 2. The summed E-state index contributed by atoms with van der Waals surface area (Å²) in [6, 6.07) is 3.17. The largest absolute Gasteiger partial charge is 0.344 e. The van der Waals surface area contributed by atoms with Gasteiger partial charge in [-0.25, -0.2) is 4.98 Å². The van der Waals surface area contributed by atoms with Crippen LogP contribution in [0.2, 0.25) is 0 Å². The number of thioether (sulfide) groups is 1. The van der Waals surface area contributed by atoms with E-state index in [-0.39, 0.29) is 17.7 Å². The third-order valence-corrected chi connectivity index (χ3v) is 5.44. The van der Waals surface area contributed by atoms with Crippen LogP contribution in [0.4, 0.5) is 5.82 Å². The number of nitrogens with zero attached hydrogens (tertiary/aromatic N) is 1. The number of pyridine rings is 1. The zero-order valence-electron chi connectivity index (χ0n) is 15.4. The van der Waals surface area contributed by atoms with E-state index in [4.69, 9.17) is 0 Å². The van der Waals surface area contributed by atoms with E-state index in [1.54, 1.807) is 24.0 Å². The Kier molecular flexibility index (Phi) is 7.75. The number of aryl methyl sites for hydroxylation is 1. The van der Waals surface area contributed by atoms with Gasteiger partial charge in [-0.2, -0.15) is 11.8 Å². The highest BCUT2D eigenvalue weighted by Gasteiger charge is 2.28. The lowest BCUT2D eigenvalue weighted by Crippen LogP contribution is -2.47. The molecule has 0 spiro atoms. The number of amides is 2. The van der Waals surface area contributed by atoms with Crippen LogP contribution in [-0.2, 0) is 9.59 Å². The molecule has 1 saturated carbocycles. The Hall–Kier alpha value is -1.56. The van der Waals surface area contributed by atoms with Gasteiger partial charge in [-0.15, -0.1) is 0 Å². The van der Waals surface area contributed by atoms with Gasteiger partial charge in [-0.3, -0.25) is 9.59 Å². The summed E-state index contributed by atoms with van der Waals surface area (Å²) in [5.41, 5.74) is 1.04. The van der Waals surface area contributed by atoms with Gasteiger partial charge in [0.05, 0.1) is 0 Å². The lowest BCUT2D eigenvalue weighted by atomic mass is 9.82. The van der Waals surface area contributed by atoms with Gasteiger partial charge in [0.2, 0.25) is 11.8 Å². The lowest BCUT2D eigenvalue weighted by molar-refractivity contribution is -0.130. The van der Waals surface area contributed by atoms with Crippen LogP contribution in [0, 0.1) is 18.8 Å². The average molecular weight is 364 g/mol. The maximum Gasteiger partial charge on any atom is 0.248 e. The molecule has 1 aliphatic rings. The van der Waals surface area contributed by atoms with Gasteiger partial charge >= 0.3 is 0 Å². The molecular formula is C19H29N3O2S. The molecule has 0 saturated heterocycles. The molecule has 0 aromatic carbocycles. The summed E-state index contributed by atoms with van der Waals surface area (Å²) in [7, 11) is 0. The first-order valence-electron chi connectivity index (χ1n) is 9.02. The summed E-state index contributed by atoms with van der Waals surface area (Å²) < 4.78 is 0. The Balaban J connectivity index is 1.95. The van der Waals surface area contributed by atoms with E-state index in [2.05, 4.69) is 22.5 Å². The highest BCUT2D eigenvalue weighted by Crippen LogP contribution is 2.28. The smallest absolute Gasteiger partial charge is 0.248 e. The van der Waals surface area contributed by atoms with Gasteiger partial charge in [0.25, 0.3) is 0 Å². The number of rotatable bonds is 7. The molecule has 25 heavy (non-hydrogen) atoms. The maximum atomic E-state index is 12.6. The van der Waals surface area contributed by atoms with Crippen LogP contribution in [0.25, 0.3) is 0 Å². The molecule has 0 radical (unpaired) electrons. The second-order valence-electron chi connectivity index (χ2n) is 7.01. The number of hydrogen-bond acceptors (Lipinski definition) is 4. The van der Waals surface area contributed by atoms with Crippen molar-refractivity contribution in [1.82, 2.24) is 10.3 Å². The fourth-order valence-corrected chi connectivity index (χ4v) is 3.54. The van der Waals surface area contributed by atoms with Gasteiger partial charge in [0.1, 0.15) is 11.9 Å². The van der Waals surface area contributed by atoms with Crippen LogP contribution >= 0.6 is 11.8 Å². The van der Waals surface area contributed by atoms with Crippen LogP contribution < -0.4 is 10.6 Å². The second kappa shape index (κ2) is 9.80. The summed E-state index contributed by atoms with van der Waals surface area (Å²) in [4.78, 5) is 29.4. The minimum atomic E-state index is -0.512. The summed E-state index contributed by atoms with van der Waals surface area (Å²) in [5, 5.41) is 5.80. The highest BCUT2D eigenvalue weighted by molar-refractivity contribution is 7.98. The molecule has 2 rings (SSSR count). The minimum Gasteiger partial charge on any atom is -0.344 e. The summed E-state index contributed by atoms with van der Waals surface area (Å²) in [5.74, 6) is 1.91. The van der Waals surface area contributed by atoms with Crippen molar-refractivity contribution in [2.45, 2.75) is 52.0 Å². The fourth-order valence-electron chi connectivity index (χ4n) is 3.07. The molecule has 0 aliphatic heterocycles. The topological polar surface area (TPSA) is 71.1 Å². The number of anilines is 1. The molecule has 1 heterocycles. The van der Waals surface area contributed by atoms with Crippen molar-refractivity contribution in [3.63, 3.8) is 0 Å². The van der Waals surface area contributed by atoms with Crippen LogP contribution in [0.15, 0.2) is 18.3 Å². The first kappa shape index (κ1) is 19.8. The molecule has 0 unspecified atom stereocenters. The molecule has 2 amide bonds. The van der Waals surface area contributed by atoms with Crippen molar-refractivity contribution in [1.29, 1.82) is 0 Å². The first-order valence-corrected chi connectivity index (χ1v) is 10.4. The molecule has 1 aromatic heterocycles. The van der Waals surface area contributed by atoms with E-state index in [9.17, 15) is 9.59 Å². The van der Waals surface area contributed by atoms with Gasteiger partial charge < -0.3 is 10.6 Å². The van der Waals surface area contributed by atoms with E-state index < -0.39 is 6.04 Å². The summed E-state index contributed by atoms with van der Waals surface area (Å²) in [6.45, 7) is 4.18. The van der Waals surface area contributed by atoms with E-state index >= 15 is 0 Å². The zero-order chi connectivity index (χ0) is 18.2. The quantitative estimate of drug-likeness (QED) is 0.779. The van der Waals surface area contributed by atoms with E-state index in [1.807, 2.05) is 19.2 Å². The molecule has 6 heteroatoms. The summed E-state index contributed by atoms with van der Waals surface area (Å²) >= 11 is 1.67. The van der Waals surface area contributed by atoms with Crippen molar-refractivity contribution in [3.8, 4) is 0 Å². The number of carbonyl (C=O) groups excluding carboxylic acids is 2. The molecule has 5 nitrogen and oxygen atoms in total. The third kappa shape index (κ3) is 6.34. The molecule has 1 fully saturated rings. The van der Waals surface area contributed by atoms with Crippen molar-refractivity contribution >= 4 is 29.4 Å². The Morgan fingerprint density at radius 3 is 2.60 bits per heavy atom. The van der Waals surface area contributed by atoms with E-state index in [1.165, 1.54) is 0 Å². The van der Waals surface area contributed by atoms with Crippen LogP contribution in [0.1, 0.15) is 44.6 Å². The molecule has 138 valence electrons. The van der Waals surface area contributed by atoms with Crippen molar-refractivity contribution < 1.29 is 9.59 Å². The zero-order valence-corrected chi connectivity index (χ0v) is 16.2. The maximum absolute atomic E-state index is 12.6. The van der Waals surface area contributed by atoms with Gasteiger partial charge in [0, 0.05) is 12.1 Å². The van der Waals surface area contributed by atoms with E-state index in [0.29, 0.717) is 18.2 Å². The minimum absolute atomic E-state index is 0.0185. The second-order valence-corrected chi connectivity index (χ2v) is 8.00. The Morgan fingerprint density at radius 1 is 1.28 bits per heavy atom. The Morgan fingerprint density at radius 2 is 2.00 bits per heavy atom. The van der Waals surface area contributed by atoms with Gasteiger partial charge in [-0.1, -0.05) is 13.0 Å². The molecule has 1 aliphatic carbocycles. The SMILES string of the molecule is CSCC[C@@H](NC(=O)C1CCC(C)CC1)C(=O)Nc1ccc(C)cn1. The Bertz CT molecular complexity index is 569. The molecule has 1 atom stereocenters. The van der Waals surface area contributed by atoms with Crippen LogP contribution in [-0.4, -0.2) is 34.8 Å². The molecule has 0 bridgehead atoms. The molecular weight excluding hydrogens is 334 g/mol. The monoisotopic (exact) mass is 363 g/mol. The van der Waals surface area contributed by atoms with Crippen molar-refractivity contribution in [2.24, 2.45) is 11.8 Å². The highest BCUT2D eigenvalue weighted by atomic mass is 32.2. The number of aromatic nitrogens is 1. The van der Waals surface area contributed by atoms with Crippen molar-refractivity contribution in [2.75, 3.05) is 17.3 Å². The van der Waals surface area contributed by atoms with Crippen LogP contribution in [0.5, 0.6) is 0 Å². The van der Waals surface area contributed by atoms with Crippen molar-refractivity contribution in [3.05, 3.63) is 23.9 Å². The number of carbonyl (C=O) groups is 2. The van der Waals surface area contributed by atoms with Gasteiger partial charge in [0.15, 0.2) is 0 Å². The first-order chi connectivity index (χ1) is 12.0. The van der Waals surface area contributed by atoms with E-state index in [0.717, 1.165) is 37.0 Å². The standard InChI is InChI=1S/C19H29N3O2S/c1-13-4-7-15(8-5-13)18(23)21-16(10-11-25-3)19(24)22-17-9-6-14(2)12-20-17/h6,9,12-13,15-16H,4-5,7-8,10-11H2,1-3H3,(H,21,23)(H,20,22,24)/t13?,15?,16-/m1/s1. The van der Waals surface area contributed by atoms with Crippen LogP contribution in [0.3, 0.4) is 0 Å².